The Morgan fingerprint density at radius 1 is 1.22 bits per heavy atom. The van der Waals surface area contributed by atoms with E-state index in [2.05, 4.69) is 5.10 Å². The van der Waals surface area contributed by atoms with Gasteiger partial charge in [0.2, 0.25) is 0 Å². The first-order valence-corrected chi connectivity index (χ1v) is 8.16. The van der Waals surface area contributed by atoms with Crippen LogP contribution in [0.1, 0.15) is 33.1 Å². The van der Waals surface area contributed by atoms with E-state index in [4.69, 9.17) is 4.42 Å². The van der Waals surface area contributed by atoms with Crippen molar-refractivity contribution in [3.8, 4) is 11.4 Å². The van der Waals surface area contributed by atoms with Crippen molar-refractivity contribution in [2.24, 2.45) is 0 Å². The van der Waals surface area contributed by atoms with Crippen LogP contribution in [-0.4, -0.2) is 20.7 Å². The Bertz CT molecular complexity index is 1110. The Balaban J connectivity index is 1.96. The number of aromatic nitrogens is 2. The molecule has 0 spiro atoms. The van der Waals surface area contributed by atoms with E-state index < -0.39 is 22.7 Å². The number of rotatable bonds is 4. The molecular weight excluding hydrogens is 351 g/mol. The molecule has 0 unspecified atom stereocenters. The van der Waals surface area contributed by atoms with Gasteiger partial charge in [-0.05, 0) is 57.2 Å². The summed E-state index contributed by atoms with van der Waals surface area (Å²) in [7, 11) is 0. The molecule has 3 aromatic rings. The minimum Gasteiger partial charge on any atom is -0.507 e. The van der Waals surface area contributed by atoms with Crippen LogP contribution in [0.3, 0.4) is 0 Å². The van der Waals surface area contributed by atoms with Crippen molar-refractivity contribution in [2.75, 3.05) is 0 Å². The molecule has 2 aromatic heterocycles. The molecule has 2 heterocycles. The second kappa shape index (κ2) is 7.03. The normalized spacial score (nSPS) is 11.3. The van der Waals surface area contributed by atoms with E-state index in [1.54, 1.807) is 23.7 Å². The molecule has 27 heavy (non-hydrogen) atoms. The SMILES string of the molecule is Cc1cc(O)c(C(=O)/C=C/c2c(C)nn(-c3ccc(F)cc3)c2C)c(=O)o1. The van der Waals surface area contributed by atoms with Crippen molar-refractivity contribution in [3.63, 3.8) is 0 Å². The van der Waals surface area contributed by atoms with Gasteiger partial charge in [0, 0.05) is 17.3 Å². The summed E-state index contributed by atoms with van der Waals surface area (Å²) in [5.41, 5.74) is 1.45. The van der Waals surface area contributed by atoms with Gasteiger partial charge < -0.3 is 9.52 Å². The highest BCUT2D eigenvalue weighted by molar-refractivity contribution is 6.08. The number of aryl methyl sites for hydroxylation is 2. The van der Waals surface area contributed by atoms with E-state index in [0.717, 1.165) is 5.69 Å². The van der Waals surface area contributed by atoms with E-state index in [9.17, 15) is 19.1 Å². The summed E-state index contributed by atoms with van der Waals surface area (Å²) in [6.45, 7) is 5.09. The van der Waals surface area contributed by atoms with Crippen LogP contribution < -0.4 is 5.63 Å². The number of carbonyl (C=O) groups excluding carboxylic acids is 1. The lowest BCUT2D eigenvalue weighted by Gasteiger charge is -2.04. The average Bonchev–Trinajstić information content (AvgIpc) is 2.87. The first-order valence-electron chi connectivity index (χ1n) is 8.16. The summed E-state index contributed by atoms with van der Waals surface area (Å²) in [6, 6.07) is 7.09. The number of carbonyl (C=O) groups is 1. The number of hydrogen-bond donors (Lipinski definition) is 1. The Hall–Kier alpha value is -3.48. The van der Waals surface area contributed by atoms with E-state index >= 15 is 0 Å². The number of allylic oxidation sites excluding steroid dienone is 1. The standard InChI is InChI=1S/C20H17FN2O4/c1-11-10-18(25)19(20(26)27-11)17(24)9-8-16-12(2)22-23(13(16)3)15-6-4-14(21)5-7-15/h4-10,25H,1-3H3/b9-8+. The maximum atomic E-state index is 13.1. The smallest absolute Gasteiger partial charge is 0.351 e. The highest BCUT2D eigenvalue weighted by Crippen LogP contribution is 2.21. The molecule has 6 nitrogen and oxygen atoms in total. The van der Waals surface area contributed by atoms with Crippen LogP contribution in [0.5, 0.6) is 5.75 Å². The van der Waals surface area contributed by atoms with E-state index in [1.165, 1.54) is 37.3 Å². The van der Waals surface area contributed by atoms with Gasteiger partial charge in [0.1, 0.15) is 22.9 Å². The molecule has 0 aliphatic heterocycles. The fourth-order valence-electron chi connectivity index (χ4n) is 2.79. The Morgan fingerprint density at radius 3 is 2.52 bits per heavy atom. The molecule has 3 rings (SSSR count). The van der Waals surface area contributed by atoms with Crippen LogP contribution in [0.4, 0.5) is 4.39 Å². The summed E-state index contributed by atoms with van der Waals surface area (Å²) in [6.07, 6.45) is 2.71. The van der Waals surface area contributed by atoms with Crippen molar-refractivity contribution in [1.82, 2.24) is 9.78 Å². The Morgan fingerprint density at radius 2 is 1.89 bits per heavy atom. The molecule has 1 aromatic carbocycles. The first-order chi connectivity index (χ1) is 12.8. The molecule has 0 fully saturated rings. The third-order valence-corrected chi connectivity index (χ3v) is 4.12. The van der Waals surface area contributed by atoms with Gasteiger partial charge in [0.05, 0.1) is 11.4 Å². The molecule has 0 atom stereocenters. The lowest BCUT2D eigenvalue weighted by Crippen LogP contribution is -2.13. The fraction of sp³-hybridized carbons (Fsp3) is 0.150. The predicted molar refractivity (Wildman–Crippen MR) is 97.7 cm³/mol. The highest BCUT2D eigenvalue weighted by atomic mass is 19.1. The summed E-state index contributed by atoms with van der Waals surface area (Å²) >= 11 is 0. The zero-order valence-electron chi connectivity index (χ0n) is 15.0. The van der Waals surface area contributed by atoms with E-state index in [1.807, 2.05) is 6.92 Å². The number of nitrogens with zero attached hydrogens (tertiary/aromatic N) is 2. The maximum Gasteiger partial charge on any atom is 0.351 e. The van der Waals surface area contributed by atoms with Crippen molar-refractivity contribution in [3.05, 3.63) is 80.9 Å². The van der Waals surface area contributed by atoms with Gasteiger partial charge >= 0.3 is 5.63 Å². The van der Waals surface area contributed by atoms with Crippen LogP contribution in [0, 0.1) is 26.6 Å². The molecule has 0 radical (unpaired) electrons. The minimum absolute atomic E-state index is 0.213. The molecule has 138 valence electrons. The lowest BCUT2D eigenvalue weighted by molar-refractivity contribution is 0.104. The van der Waals surface area contributed by atoms with Crippen molar-refractivity contribution >= 4 is 11.9 Å². The highest BCUT2D eigenvalue weighted by Gasteiger charge is 2.17. The molecule has 1 N–H and O–H groups in total. The van der Waals surface area contributed by atoms with Crippen LogP contribution in [0.2, 0.25) is 0 Å². The average molecular weight is 368 g/mol. The number of hydrogen-bond acceptors (Lipinski definition) is 5. The molecule has 7 heteroatoms. The minimum atomic E-state index is -0.891. The van der Waals surface area contributed by atoms with Gasteiger partial charge in [-0.3, -0.25) is 4.79 Å². The zero-order chi connectivity index (χ0) is 19.7. The topological polar surface area (TPSA) is 85.3 Å². The Labute approximate surface area is 154 Å². The molecule has 0 aliphatic rings. The molecule has 0 aliphatic carbocycles. The summed E-state index contributed by atoms with van der Waals surface area (Å²) in [4.78, 5) is 24.2. The fourth-order valence-corrected chi connectivity index (χ4v) is 2.79. The quantitative estimate of drug-likeness (QED) is 0.563. The van der Waals surface area contributed by atoms with Crippen molar-refractivity contribution in [1.29, 1.82) is 0 Å². The molecule has 0 amide bonds. The molecular formula is C20H17FN2O4. The van der Waals surface area contributed by atoms with Crippen molar-refractivity contribution in [2.45, 2.75) is 20.8 Å². The summed E-state index contributed by atoms with van der Waals surface area (Å²) in [5.74, 6) is -1.23. The van der Waals surface area contributed by atoms with Crippen LogP contribution >= 0.6 is 0 Å². The van der Waals surface area contributed by atoms with Gasteiger partial charge in [-0.2, -0.15) is 5.10 Å². The summed E-state index contributed by atoms with van der Waals surface area (Å²) in [5, 5.41) is 14.3. The number of ketones is 1. The third-order valence-electron chi connectivity index (χ3n) is 4.12. The molecule has 0 bridgehead atoms. The number of benzene rings is 1. The monoisotopic (exact) mass is 368 g/mol. The van der Waals surface area contributed by atoms with Crippen LogP contribution in [-0.2, 0) is 0 Å². The van der Waals surface area contributed by atoms with E-state index in [0.29, 0.717) is 16.9 Å². The van der Waals surface area contributed by atoms with Gasteiger partial charge in [0.25, 0.3) is 0 Å². The van der Waals surface area contributed by atoms with Crippen molar-refractivity contribution < 1.29 is 18.7 Å². The van der Waals surface area contributed by atoms with E-state index in [-0.39, 0.29) is 11.6 Å². The lowest BCUT2D eigenvalue weighted by atomic mass is 10.1. The first kappa shape index (κ1) is 18.3. The predicted octanol–water partition coefficient (Wildman–Crippen LogP) is 3.49. The zero-order valence-corrected chi connectivity index (χ0v) is 15.0. The summed E-state index contributed by atoms with van der Waals surface area (Å²) < 4.78 is 19.6. The largest absolute Gasteiger partial charge is 0.507 e. The number of aromatic hydroxyl groups is 1. The molecule has 0 saturated carbocycles. The number of halogens is 1. The van der Waals surface area contributed by atoms with Gasteiger partial charge in [0.15, 0.2) is 5.78 Å². The molecule has 0 saturated heterocycles. The third kappa shape index (κ3) is 3.57. The van der Waals surface area contributed by atoms with Gasteiger partial charge in [-0.1, -0.05) is 0 Å². The van der Waals surface area contributed by atoms with Crippen LogP contribution in [0.15, 0.2) is 45.6 Å². The Kier molecular flexibility index (Phi) is 4.77. The van der Waals surface area contributed by atoms with Crippen LogP contribution in [0.25, 0.3) is 11.8 Å². The van der Waals surface area contributed by atoms with Gasteiger partial charge in [-0.15, -0.1) is 0 Å². The maximum absolute atomic E-state index is 13.1. The van der Waals surface area contributed by atoms with Gasteiger partial charge in [-0.25, -0.2) is 13.9 Å². The second-order valence-corrected chi connectivity index (χ2v) is 6.08. The second-order valence-electron chi connectivity index (χ2n) is 6.08.